The second-order valence-corrected chi connectivity index (χ2v) is 2.13. The van der Waals surface area contributed by atoms with Gasteiger partial charge in [0.15, 0.2) is 0 Å². The van der Waals surface area contributed by atoms with Gasteiger partial charge in [0.25, 0.3) is 0 Å². The Bertz CT molecular complexity index is 45.8. The molecule has 0 saturated carbocycles. The summed E-state index contributed by atoms with van der Waals surface area (Å²) in [7, 11) is 0. The van der Waals surface area contributed by atoms with Crippen molar-refractivity contribution in [2.24, 2.45) is 5.92 Å². The number of hydrogen-bond acceptors (Lipinski definition) is 1. The summed E-state index contributed by atoms with van der Waals surface area (Å²) in [4.78, 5) is 0. The molecule has 0 saturated heterocycles. The third kappa shape index (κ3) is 5.10. The van der Waals surface area contributed by atoms with Gasteiger partial charge in [-0.2, -0.15) is 0 Å². The van der Waals surface area contributed by atoms with Gasteiger partial charge in [0.05, 0.1) is 6.10 Å². The van der Waals surface area contributed by atoms with Crippen molar-refractivity contribution in [3.8, 4) is 0 Å². The van der Waals surface area contributed by atoms with Gasteiger partial charge in [-0.3, -0.25) is 0 Å². The quantitative estimate of drug-likeness (QED) is 0.546. The Morgan fingerprint density at radius 1 is 1.38 bits per heavy atom. The molecule has 2 heteroatoms. The van der Waals surface area contributed by atoms with E-state index in [1.165, 1.54) is 0 Å². The Kier molecular flexibility index (Phi) is 8.92. The third-order valence-corrected chi connectivity index (χ3v) is 1.47. The van der Waals surface area contributed by atoms with Crippen LogP contribution in [0, 0.1) is 5.92 Å². The monoisotopic (exact) mass is 125 g/mol. The van der Waals surface area contributed by atoms with Gasteiger partial charge in [0.2, 0.25) is 0 Å². The molecule has 0 aliphatic heterocycles. The normalized spacial score (nSPS) is 16.5. The van der Waals surface area contributed by atoms with Gasteiger partial charge < -0.3 is 5.11 Å². The van der Waals surface area contributed by atoms with Gasteiger partial charge in [0.1, 0.15) is 0 Å². The van der Waals surface area contributed by atoms with Crippen LogP contribution in [-0.2, 0) is 0 Å². The molecule has 1 radical (unpaired) electrons. The Morgan fingerprint density at radius 3 is 1.75 bits per heavy atom. The van der Waals surface area contributed by atoms with E-state index >= 15 is 0 Å². The van der Waals surface area contributed by atoms with Crippen molar-refractivity contribution in [1.82, 2.24) is 0 Å². The first-order valence-electron chi connectivity index (χ1n) is 2.86. The molecule has 45 valence electrons. The van der Waals surface area contributed by atoms with Crippen molar-refractivity contribution >= 4 is 29.6 Å². The SMILES string of the molecule is CCC(C)C(C)O.[Na]. The third-order valence-electron chi connectivity index (χ3n) is 1.47. The molecule has 8 heavy (non-hydrogen) atoms. The van der Waals surface area contributed by atoms with E-state index in [1.54, 1.807) is 0 Å². The largest absolute Gasteiger partial charge is 0.393 e. The Hall–Kier alpha value is 0.960. The van der Waals surface area contributed by atoms with Crippen LogP contribution < -0.4 is 0 Å². The molecule has 1 N–H and O–H groups in total. The van der Waals surface area contributed by atoms with Crippen LogP contribution in [0.25, 0.3) is 0 Å². The molecule has 0 rings (SSSR count). The molecule has 1 nitrogen and oxygen atoms in total. The molecule has 2 unspecified atom stereocenters. The average Bonchev–Trinajstić information content (AvgIpc) is 1.65. The summed E-state index contributed by atoms with van der Waals surface area (Å²) in [5.74, 6) is 0.458. The van der Waals surface area contributed by atoms with Gasteiger partial charge in [-0.25, -0.2) is 0 Å². The summed E-state index contributed by atoms with van der Waals surface area (Å²) in [6.45, 7) is 5.95. The first kappa shape index (κ1) is 11.7. The van der Waals surface area contributed by atoms with Crippen molar-refractivity contribution in [3.63, 3.8) is 0 Å². The van der Waals surface area contributed by atoms with Gasteiger partial charge in [-0.15, -0.1) is 0 Å². The molecule has 0 amide bonds. The summed E-state index contributed by atoms with van der Waals surface area (Å²) in [5.41, 5.74) is 0. The van der Waals surface area contributed by atoms with Crippen LogP contribution in [0.2, 0.25) is 0 Å². The molecule has 0 heterocycles. The van der Waals surface area contributed by atoms with Crippen molar-refractivity contribution in [2.45, 2.75) is 33.3 Å². The van der Waals surface area contributed by atoms with E-state index in [0.717, 1.165) is 6.42 Å². The van der Waals surface area contributed by atoms with Gasteiger partial charge in [-0.05, 0) is 12.8 Å². The summed E-state index contributed by atoms with van der Waals surface area (Å²) in [6, 6.07) is 0. The minimum absolute atomic E-state index is 0. The molecule has 2 atom stereocenters. The first-order chi connectivity index (χ1) is 3.18. The van der Waals surface area contributed by atoms with Crippen LogP contribution in [0.15, 0.2) is 0 Å². The average molecular weight is 125 g/mol. The topological polar surface area (TPSA) is 20.2 Å². The predicted octanol–water partition coefficient (Wildman–Crippen LogP) is 1.03. The minimum Gasteiger partial charge on any atom is -0.393 e. The maximum Gasteiger partial charge on any atom is 0.0537 e. The van der Waals surface area contributed by atoms with E-state index in [2.05, 4.69) is 6.92 Å². The smallest absolute Gasteiger partial charge is 0.0537 e. The van der Waals surface area contributed by atoms with Crippen LogP contribution in [0.1, 0.15) is 27.2 Å². The zero-order valence-electron chi connectivity index (χ0n) is 6.31. The first-order valence-corrected chi connectivity index (χ1v) is 2.86. The second kappa shape index (κ2) is 6.09. The Balaban J connectivity index is 0. The Labute approximate surface area is 73.8 Å². The fraction of sp³-hybridized carbons (Fsp3) is 1.00. The molecule has 0 aliphatic rings. The van der Waals surface area contributed by atoms with E-state index in [0.29, 0.717) is 5.92 Å². The summed E-state index contributed by atoms with van der Waals surface area (Å²) >= 11 is 0. The number of aliphatic hydroxyl groups excluding tert-OH is 1. The maximum atomic E-state index is 8.82. The maximum absolute atomic E-state index is 8.82. The van der Waals surface area contributed by atoms with E-state index in [1.807, 2.05) is 13.8 Å². The van der Waals surface area contributed by atoms with Gasteiger partial charge >= 0.3 is 0 Å². The van der Waals surface area contributed by atoms with E-state index < -0.39 is 0 Å². The minimum atomic E-state index is -0.134. The van der Waals surface area contributed by atoms with Crippen molar-refractivity contribution in [1.29, 1.82) is 0 Å². The van der Waals surface area contributed by atoms with E-state index in [-0.39, 0.29) is 35.7 Å². The van der Waals surface area contributed by atoms with E-state index in [4.69, 9.17) is 5.11 Å². The van der Waals surface area contributed by atoms with Crippen LogP contribution in [0.5, 0.6) is 0 Å². The second-order valence-electron chi connectivity index (χ2n) is 2.13. The van der Waals surface area contributed by atoms with Crippen LogP contribution in [0.4, 0.5) is 0 Å². The van der Waals surface area contributed by atoms with Crippen molar-refractivity contribution in [3.05, 3.63) is 0 Å². The molecule has 0 spiro atoms. The predicted molar refractivity (Wildman–Crippen MR) is 36.9 cm³/mol. The molecule has 0 aromatic heterocycles. The molecular formula is C6H14NaO. The number of aliphatic hydroxyl groups is 1. The van der Waals surface area contributed by atoms with Crippen LogP contribution in [-0.4, -0.2) is 40.8 Å². The van der Waals surface area contributed by atoms with Gasteiger partial charge in [-0.1, -0.05) is 20.3 Å². The van der Waals surface area contributed by atoms with Crippen LogP contribution in [0.3, 0.4) is 0 Å². The number of rotatable bonds is 2. The fourth-order valence-electron chi connectivity index (χ4n) is 0.341. The molecule has 0 aliphatic carbocycles. The standard InChI is InChI=1S/C6H14O.Na/c1-4-5(2)6(3)7;/h5-7H,4H2,1-3H3;. The van der Waals surface area contributed by atoms with Gasteiger partial charge in [0, 0.05) is 29.6 Å². The zero-order chi connectivity index (χ0) is 5.86. The molecule has 0 bridgehead atoms. The molecule has 0 aromatic carbocycles. The molecular weight excluding hydrogens is 111 g/mol. The fourth-order valence-corrected chi connectivity index (χ4v) is 0.341. The van der Waals surface area contributed by atoms with Crippen molar-refractivity contribution < 1.29 is 5.11 Å². The molecule has 0 aromatic rings. The van der Waals surface area contributed by atoms with Crippen LogP contribution >= 0.6 is 0 Å². The summed E-state index contributed by atoms with van der Waals surface area (Å²) in [5, 5.41) is 8.82. The van der Waals surface area contributed by atoms with E-state index in [9.17, 15) is 0 Å². The van der Waals surface area contributed by atoms with Crippen molar-refractivity contribution in [2.75, 3.05) is 0 Å². The zero-order valence-corrected chi connectivity index (χ0v) is 8.31. The number of hydrogen-bond donors (Lipinski definition) is 1. The summed E-state index contributed by atoms with van der Waals surface area (Å²) in [6.07, 6.45) is 0.933. The Morgan fingerprint density at radius 2 is 1.75 bits per heavy atom. The molecule has 0 fully saturated rings. The summed E-state index contributed by atoms with van der Waals surface area (Å²) < 4.78 is 0.